The first-order chi connectivity index (χ1) is 12.4. The van der Waals surface area contributed by atoms with E-state index in [9.17, 15) is 18.8 Å². The summed E-state index contributed by atoms with van der Waals surface area (Å²) in [6.07, 6.45) is 9.66. The number of aliphatic carboxylic acids is 1. The lowest BCUT2D eigenvalue weighted by Gasteiger charge is -2.16. The van der Waals surface area contributed by atoms with Crippen LogP contribution in [0.3, 0.4) is 0 Å². The SMILES string of the molecule is CCCC[C@@H](F)C(=O)C=C[C@H]1[C@H](C)CC(=O)[C@@H]1CC=CCCCC(=O)O. The Morgan fingerprint density at radius 3 is 2.69 bits per heavy atom. The molecule has 0 bridgehead atoms. The van der Waals surface area contributed by atoms with Gasteiger partial charge in [0.2, 0.25) is 0 Å². The molecule has 0 radical (unpaired) electrons. The molecule has 26 heavy (non-hydrogen) atoms. The van der Waals surface area contributed by atoms with Crippen molar-refractivity contribution in [2.75, 3.05) is 0 Å². The number of unbranched alkanes of at least 4 members (excludes halogenated alkanes) is 2. The molecule has 0 unspecified atom stereocenters. The van der Waals surface area contributed by atoms with Gasteiger partial charge in [-0.25, -0.2) is 4.39 Å². The van der Waals surface area contributed by atoms with E-state index in [-0.39, 0.29) is 36.4 Å². The number of Topliss-reactive ketones (excluding diaryl/α,β-unsaturated/α-hetero) is 1. The van der Waals surface area contributed by atoms with Crippen LogP contribution in [-0.4, -0.2) is 28.8 Å². The van der Waals surface area contributed by atoms with Crippen molar-refractivity contribution in [2.24, 2.45) is 17.8 Å². The van der Waals surface area contributed by atoms with E-state index in [2.05, 4.69) is 0 Å². The number of carbonyl (C=O) groups is 3. The van der Waals surface area contributed by atoms with Gasteiger partial charge in [0.25, 0.3) is 0 Å². The van der Waals surface area contributed by atoms with E-state index >= 15 is 0 Å². The van der Waals surface area contributed by atoms with E-state index < -0.39 is 17.9 Å². The summed E-state index contributed by atoms with van der Waals surface area (Å²) in [6, 6.07) is 0. The van der Waals surface area contributed by atoms with E-state index in [1.54, 1.807) is 6.08 Å². The van der Waals surface area contributed by atoms with Gasteiger partial charge in [0.15, 0.2) is 12.0 Å². The summed E-state index contributed by atoms with van der Waals surface area (Å²) in [5.74, 6) is -1.22. The second-order valence-corrected chi connectivity index (χ2v) is 7.20. The molecule has 146 valence electrons. The molecule has 5 heteroatoms. The number of alkyl halides is 1. The standard InChI is InChI=1S/C21H31FO4/c1-3-4-10-18(22)19(23)13-12-16-15(2)14-20(24)17(16)9-7-5-6-8-11-21(25)26/h5,7,12-13,15-18H,3-4,6,8-11,14H2,1-2H3,(H,25,26)/t15-,16+,17-,18-/m1/s1. The molecule has 0 spiro atoms. The second kappa shape index (κ2) is 11.8. The summed E-state index contributed by atoms with van der Waals surface area (Å²) in [5.41, 5.74) is 0. The van der Waals surface area contributed by atoms with Crippen LogP contribution >= 0.6 is 0 Å². The summed E-state index contributed by atoms with van der Waals surface area (Å²) in [4.78, 5) is 34.6. The molecule has 0 heterocycles. The predicted molar refractivity (Wildman–Crippen MR) is 99.6 cm³/mol. The number of ketones is 2. The van der Waals surface area contributed by atoms with Crippen molar-refractivity contribution in [2.45, 2.75) is 71.4 Å². The fraction of sp³-hybridized carbons (Fsp3) is 0.667. The van der Waals surface area contributed by atoms with Crippen LogP contribution in [-0.2, 0) is 14.4 Å². The molecule has 1 rings (SSSR count). The van der Waals surface area contributed by atoms with E-state index in [4.69, 9.17) is 5.11 Å². The van der Waals surface area contributed by atoms with Crippen molar-refractivity contribution in [3.05, 3.63) is 24.3 Å². The molecule has 0 aromatic rings. The van der Waals surface area contributed by atoms with Crippen molar-refractivity contribution in [3.63, 3.8) is 0 Å². The Balaban J connectivity index is 2.57. The normalized spacial score (nSPS) is 24.6. The summed E-state index contributed by atoms with van der Waals surface area (Å²) in [5, 5.41) is 8.60. The lowest BCUT2D eigenvalue weighted by Crippen LogP contribution is -2.17. The van der Waals surface area contributed by atoms with Gasteiger partial charge in [0, 0.05) is 18.8 Å². The fourth-order valence-electron chi connectivity index (χ4n) is 3.40. The number of carbonyl (C=O) groups excluding carboxylic acids is 2. The highest BCUT2D eigenvalue weighted by molar-refractivity contribution is 5.93. The highest BCUT2D eigenvalue weighted by Crippen LogP contribution is 2.37. The van der Waals surface area contributed by atoms with Gasteiger partial charge >= 0.3 is 5.97 Å². The molecule has 1 aliphatic rings. The number of carboxylic acids is 1. The zero-order valence-electron chi connectivity index (χ0n) is 15.8. The third-order valence-electron chi connectivity index (χ3n) is 4.98. The molecule has 1 N–H and O–H groups in total. The Labute approximate surface area is 155 Å². The maximum atomic E-state index is 13.8. The Morgan fingerprint density at radius 1 is 1.31 bits per heavy atom. The maximum Gasteiger partial charge on any atom is 0.303 e. The minimum absolute atomic E-state index is 0.0477. The van der Waals surface area contributed by atoms with Crippen LogP contribution in [0, 0.1) is 17.8 Å². The van der Waals surface area contributed by atoms with Crippen LogP contribution in [0.25, 0.3) is 0 Å². The summed E-state index contributed by atoms with van der Waals surface area (Å²) < 4.78 is 13.8. The van der Waals surface area contributed by atoms with Crippen LogP contribution < -0.4 is 0 Å². The van der Waals surface area contributed by atoms with Crippen LogP contribution in [0.1, 0.15) is 65.2 Å². The molecule has 1 fully saturated rings. The largest absolute Gasteiger partial charge is 0.481 e. The van der Waals surface area contributed by atoms with E-state index in [1.165, 1.54) is 6.08 Å². The third kappa shape index (κ3) is 7.63. The van der Waals surface area contributed by atoms with Crippen molar-refractivity contribution in [3.8, 4) is 0 Å². The first-order valence-electron chi connectivity index (χ1n) is 9.62. The van der Waals surface area contributed by atoms with Gasteiger partial charge in [-0.2, -0.15) is 0 Å². The minimum Gasteiger partial charge on any atom is -0.481 e. The average Bonchev–Trinajstić information content (AvgIpc) is 2.86. The first kappa shape index (κ1) is 22.3. The fourth-order valence-corrected chi connectivity index (χ4v) is 3.40. The Bertz CT molecular complexity index is 538. The molecule has 0 saturated heterocycles. The van der Waals surface area contributed by atoms with Gasteiger partial charge in [-0.15, -0.1) is 0 Å². The lowest BCUT2D eigenvalue weighted by molar-refractivity contribution is -0.137. The smallest absolute Gasteiger partial charge is 0.303 e. The zero-order chi connectivity index (χ0) is 19.5. The van der Waals surface area contributed by atoms with Gasteiger partial charge in [0.05, 0.1) is 0 Å². The minimum atomic E-state index is -1.45. The van der Waals surface area contributed by atoms with Gasteiger partial charge < -0.3 is 5.11 Å². The van der Waals surface area contributed by atoms with Crippen molar-refractivity contribution in [1.29, 1.82) is 0 Å². The van der Waals surface area contributed by atoms with Crippen LogP contribution in [0.15, 0.2) is 24.3 Å². The van der Waals surface area contributed by atoms with E-state index in [0.717, 1.165) is 6.42 Å². The van der Waals surface area contributed by atoms with E-state index in [0.29, 0.717) is 32.1 Å². The molecule has 4 atom stereocenters. The van der Waals surface area contributed by atoms with Gasteiger partial charge in [0.1, 0.15) is 5.78 Å². The number of allylic oxidation sites excluding steroid dienone is 4. The third-order valence-corrected chi connectivity index (χ3v) is 4.98. The predicted octanol–water partition coefficient (Wildman–Crippen LogP) is 4.68. The van der Waals surface area contributed by atoms with Crippen molar-refractivity contribution in [1.82, 2.24) is 0 Å². The number of rotatable bonds is 12. The highest BCUT2D eigenvalue weighted by atomic mass is 19.1. The quantitative estimate of drug-likeness (QED) is 0.309. The van der Waals surface area contributed by atoms with Gasteiger partial charge in [-0.3, -0.25) is 14.4 Å². The van der Waals surface area contributed by atoms with Crippen LogP contribution in [0.4, 0.5) is 4.39 Å². The Kier molecular flexibility index (Phi) is 10.1. The van der Waals surface area contributed by atoms with E-state index in [1.807, 2.05) is 26.0 Å². The summed E-state index contributed by atoms with van der Waals surface area (Å²) in [7, 11) is 0. The highest BCUT2D eigenvalue weighted by Gasteiger charge is 2.37. The topological polar surface area (TPSA) is 71.4 Å². The monoisotopic (exact) mass is 366 g/mol. The van der Waals surface area contributed by atoms with Gasteiger partial charge in [-0.05, 0) is 43.6 Å². The lowest BCUT2D eigenvalue weighted by atomic mass is 9.87. The second-order valence-electron chi connectivity index (χ2n) is 7.20. The average molecular weight is 366 g/mol. The number of hydrogen-bond donors (Lipinski definition) is 1. The van der Waals surface area contributed by atoms with Crippen LogP contribution in [0.2, 0.25) is 0 Å². The molecule has 0 aromatic carbocycles. The van der Waals surface area contributed by atoms with Gasteiger partial charge in [-0.1, -0.05) is 44.9 Å². The molecule has 1 aliphatic carbocycles. The molecular weight excluding hydrogens is 335 g/mol. The molecule has 0 amide bonds. The summed E-state index contributed by atoms with van der Waals surface area (Å²) >= 11 is 0. The molecule has 0 aromatic heterocycles. The maximum absolute atomic E-state index is 13.8. The Hall–Kier alpha value is -1.78. The first-order valence-corrected chi connectivity index (χ1v) is 9.62. The zero-order valence-corrected chi connectivity index (χ0v) is 15.8. The molecular formula is C21H31FO4. The number of halogens is 1. The van der Waals surface area contributed by atoms with Crippen LogP contribution in [0.5, 0.6) is 0 Å². The number of carboxylic acid groups (broad SMARTS) is 1. The molecule has 1 saturated carbocycles. The molecule has 4 nitrogen and oxygen atoms in total. The number of hydrogen-bond acceptors (Lipinski definition) is 3. The Morgan fingerprint density at radius 2 is 2.04 bits per heavy atom. The van der Waals surface area contributed by atoms with Crippen molar-refractivity contribution >= 4 is 17.5 Å². The van der Waals surface area contributed by atoms with Crippen molar-refractivity contribution < 1.29 is 23.9 Å². The molecule has 0 aliphatic heterocycles. The summed E-state index contributed by atoms with van der Waals surface area (Å²) in [6.45, 7) is 3.94.